The molecule has 0 aliphatic carbocycles. The zero-order chi connectivity index (χ0) is 16.2. The van der Waals surface area contributed by atoms with E-state index in [2.05, 4.69) is 17.0 Å². The standard InChI is InChI=1S/C16H17N3O3S/c1-3-7-22-12-6-5-11(8-13(12)21-4-2)9-14-15(20)19-16(23-14)17-10-18-19/h5-6,8-10H,3-4,7H2,1-2H3/b14-9-. The van der Waals surface area contributed by atoms with Gasteiger partial charge in [0, 0.05) is 0 Å². The molecule has 23 heavy (non-hydrogen) atoms. The number of thiazole rings is 1. The molecule has 6 nitrogen and oxygen atoms in total. The zero-order valence-corrected chi connectivity index (χ0v) is 13.8. The van der Waals surface area contributed by atoms with Gasteiger partial charge < -0.3 is 9.47 Å². The maximum Gasteiger partial charge on any atom is 0.291 e. The Bertz CT molecular complexity index is 916. The average Bonchev–Trinajstić information content (AvgIpc) is 3.11. The van der Waals surface area contributed by atoms with Gasteiger partial charge in [-0.3, -0.25) is 4.79 Å². The van der Waals surface area contributed by atoms with E-state index in [4.69, 9.17) is 9.47 Å². The zero-order valence-electron chi connectivity index (χ0n) is 13.0. The van der Waals surface area contributed by atoms with Gasteiger partial charge in [0.25, 0.3) is 5.56 Å². The van der Waals surface area contributed by atoms with E-state index in [1.807, 2.05) is 31.2 Å². The molecule has 0 N–H and O–H groups in total. The van der Waals surface area contributed by atoms with Crippen LogP contribution in [0.4, 0.5) is 0 Å². The van der Waals surface area contributed by atoms with Crippen molar-refractivity contribution >= 4 is 22.4 Å². The highest BCUT2D eigenvalue weighted by atomic mass is 32.1. The Kier molecular flexibility index (Phi) is 4.57. The Balaban J connectivity index is 2.00. The third-order valence-electron chi connectivity index (χ3n) is 3.15. The number of hydrogen-bond acceptors (Lipinski definition) is 6. The first-order valence-corrected chi connectivity index (χ1v) is 8.28. The van der Waals surface area contributed by atoms with Crippen molar-refractivity contribution in [1.29, 1.82) is 0 Å². The molecule has 0 amide bonds. The van der Waals surface area contributed by atoms with E-state index in [0.717, 1.165) is 17.7 Å². The van der Waals surface area contributed by atoms with Crippen molar-refractivity contribution in [3.8, 4) is 11.5 Å². The first-order chi connectivity index (χ1) is 11.2. The first kappa shape index (κ1) is 15.5. The van der Waals surface area contributed by atoms with Gasteiger partial charge in [0.05, 0.1) is 17.7 Å². The largest absolute Gasteiger partial charge is 0.490 e. The molecule has 3 rings (SSSR count). The monoisotopic (exact) mass is 331 g/mol. The highest BCUT2D eigenvalue weighted by Gasteiger charge is 2.08. The summed E-state index contributed by atoms with van der Waals surface area (Å²) in [5.74, 6) is 1.40. The Labute approximate surface area is 137 Å². The lowest BCUT2D eigenvalue weighted by Crippen LogP contribution is -2.23. The number of aromatic nitrogens is 3. The van der Waals surface area contributed by atoms with Crippen molar-refractivity contribution in [3.05, 3.63) is 45.0 Å². The second-order valence-corrected chi connectivity index (χ2v) is 5.87. The van der Waals surface area contributed by atoms with Gasteiger partial charge in [0.2, 0.25) is 4.96 Å². The summed E-state index contributed by atoms with van der Waals surface area (Å²) in [5, 5.41) is 3.91. The van der Waals surface area contributed by atoms with Crippen molar-refractivity contribution in [3.63, 3.8) is 0 Å². The fraction of sp³-hybridized carbons (Fsp3) is 0.312. The lowest BCUT2D eigenvalue weighted by atomic mass is 10.2. The lowest BCUT2D eigenvalue weighted by molar-refractivity contribution is 0.277. The molecule has 0 saturated heterocycles. The maximum absolute atomic E-state index is 12.2. The molecule has 0 unspecified atom stereocenters. The minimum Gasteiger partial charge on any atom is -0.490 e. The second-order valence-electron chi connectivity index (χ2n) is 4.86. The summed E-state index contributed by atoms with van der Waals surface area (Å²) in [6, 6.07) is 5.65. The van der Waals surface area contributed by atoms with Crippen molar-refractivity contribution in [2.45, 2.75) is 20.3 Å². The van der Waals surface area contributed by atoms with Crippen molar-refractivity contribution in [1.82, 2.24) is 14.6 Å². The van der Waals surface area contributed by atoms with Gasteiger partial charge in [-0.05, 0) is 37.1 Å². The Hall–Kier alpha value is -2.41. The minimum absolute atomic E-state index is 0.160. The lowest BCUT2D eigenvalue weighted by Gasteiger charge is -2.11. The summed E-state index contributed by atoms with van der Waals surface area (Å²) < 4.78 is 13.2. The van der Waals surface area contributed by atoms with Crippen LogP contribution in [0.2, 0.25) is 0 Å². The van der Waals surface area contributed by atoms with Gasteiger partial charge in [-0.25, -0.2) is 4.98 Å². The highest BCUT2D eigenvalue weighted by molar-refractivity contribution is 7.15. The molecule has 0 bridgehead atoms. The van der Waals surface area contributed by atoms with Crippen molar-refractivity contribution < 1.29 is 9.47 Å². The number of nitrogens with zero attached hydrogens (tertiary/aromatic N) is 3. The van der Waals surface area contributed by atoms with Crippen molar-refractivity contribution in [2.75, 3.05) is 13.2 Å². The molecule has 2 aromatic heterocycles. The molecular formula is C16H17N3O3S. The number of fused-ring (bicyclic) bond motifs is 1. The molecule has 3 aromatic rings. The van der Waals surface area contributed by atoms with Crippen LogP contribution >= 0.6 is 11.3 Å². The molecular weight excluding hydrogens is 314 g/mol. The number of ether oxygens (including phenoxy) is 2. The Morgan fingerprint density at radius 2 is 2.13 bits per heavy atom. The van der Waals surface area contributed by atoms with Crippen LogP contribution in [0, 0.1) is 0 Å². The Morgan fingerprint density at radius 3 is 2.87 bits per heavy atom. The van der Waals surface area contributed by atoms with Crippen molar-refractivity contribution in [2.24, 2.45) is 0 Å². The molecule has 0 radical (unpaired) electrons. The van der Waals surface area contributed by atoms with Gasteiger partial charge in [-0.1, -0.05) is 24.3 Å². The van der Waals surface area contributed by atoms with Crippen LogP contribution in [-0.4, -0.2) is 27.8 Å². The van der Waals surface area contributed by atoms with Gasteiger partial charge in [-0.15, -0.1) is 0 Å². The predicted octanol–water partition coefficient (Wildman–Crippen LogP) is 1.89. The summed E-state index contributed by atoms with van der Waals surface area (Å²) in [6.07, 6.45) is 4.13. The molecule has 0 atom stereocenters. The van der Waals surface area contributed by atoms with E-state index in [0.29, 0.717) is 28.5 Å². The topological polar surface area (TPSA) is 65.7 Å². The third-order valence-corrected chi connectivity index (χ3v) is 4.12. The fourth-order valence-corrected chi connectivity index (χ4v) is 3.02. The van der Waals surface area contributed by atoms with Crippen LogP contribution in [-0.2, 0) is 0 Å². The third kappa shape index (κ3) is 3.19. The van der Waals surface area contributed by atoms with E-state index >= 15 is 0 Å². The second kappa shape index (κ2) is 6.78. The SMILES string of the molecule is CCCOc1ccc(/C=c2\sc3ncnn3c2=O)cc1OCC. The smallest absolute Gasteiger partial charge is 0.291 e. The summed E-state index contributed by atoms with van der Waals surface area (Å²) >= 11 is 1.31. The van der Waals surface area contributed by atoms with Gasteiger partial charge in [0.15, 0.2) is 11.5 Å². The van der Waals surface area contributed by atoms with E-state index in [-0.39, 0.29) is 5.56 Å². The first-order valence-electron chi connectivity index (χ1n) is 7.46. The molecule has 120 valence electrons. The molecule has 0 spiro atoms. The number of benzene rings is 1. The highest BCUT2D eigenvalue weighted by Crippen LogP contribution is 2.29. The average molecular weight is 331 g/mol. The molecule has 0 aliphatic heterocycles. The fourth-order valence-electron chi connectivity index (χ4n) is 2.14. The quantitative estimate of drug-likeness (QED) is 0.690. The molecule has 1 aromatic carbocycles. The van der Waals surface area contributed by atoms with Crippen LogP contribution in [0.5, 0.6) is 11.5 Å². The molecule has 2 heterocycles. The van der Waals surface area contributed by atoms with Crippen LogP contribution in [0.15, 0.2) is 29.3 Å². The van der Waals surface area contributed by atoms with Crippen LogP contribution < -0.4 is 19.6 Å². The van der Waals surface area contributed by atoms with E-state index in [9.17, 15) is 4.79 Å². The van der Waals surface area contributed by atoms with E-state index in [1.165, 1.54) is 22.2 Å². The minimum atomic E-state index is -0.160. The summed E-state index contributed by atoms with van der Waals surface area (Å²) in [6.45, 7) is 5.17. The van der Waals surface area contributed by atoms with Crippen LogP contribution in [0.3, 0.4) is 0 Å². The molecule has 0 fully saturated rings. The molecule has 0 aliphatic rings. The summed E-state index contributed by atoms with van der Waals surface area (Å²) in [5.41, 5.74) is 0.714. The predicted molar refractivity (Wildman–Crippen MR) is 89.3 cm³/mol. The maximum atomic E-state index is 12.2. The summed E-state index contributed by atoms with van der Waals surface area (Å²) in [7, 11) is 0. The van der Waals surface area contributed by atoms with E-state index < -0.39 is 0 Å². The van der Waals surface area contributed by atoms with Crippen LogP contribution in [0.1, 0.15) is 25.8 Å². The van der Waals surface area contributed by atoms with Gasteiger partial charge >= 0.3 is 0 Å². The number of hydrogen-bond donors (Lipinski definition) is 0. The van der Waals surface area contributed by atoms with Crippen LogP contribution in [0.25, 0.3) is 11.0 Å². The molecule has 7 heteroatoms. The normalized spacial score (nSPS) is 12.0. The summed E-state index contributed by atoms with van der Waals surface area (Å²) in [4.78, 5) is 16.8. The Morgan fingerprint density at radius 1 is 1.26 bits per heavy atom. The molecule has 0 saturated carbocycles. The number of rotatable bonds is 6. The van der Waals surface area contributed by atoms with Gasteiger partial charge in [0.1, 0.15) is 6.33 Å². The van der Waals surface area contributed by atoms with E-state index in [1.54, 1.807) is 0 Å². The van der Waals surface area contributed by atoms with Gasteiger partial charge in [-0.2, -0.15) is 9.61 Å².